The minimum Gasteiger partial charge on any atom is -0.506 e. The Morgan fingerprint density at radius 3 is 2.47 bits per heavy atom. The molecule has 1 aliphatic heterocycles. The molecule has 0 bridgehead atoms. The fourth-order valence-electron chi connectivity index (χ4n) is 3.99. The monoisotopic (exact) mass is 472 g/mol. The van der Waals surface area contributed by atoms with E-state index in [2.05, 4.69) is 48.5 Å². The maximum absolute atomic E-state index is 12.7. The van der Waals surface area contributed by atoms with Gasteiger partial charge in [0.1, 0.15) is 16.4 Å². The van der Waals surface area contributed by atoms with Crippen molar-refractivity contribution in [1.29, 1.82) is 0 Å². The SMILES string of the molecule is CCOC(=O)C1=C(O)C(=Cc2cc(C)n(-c3ccccc3C)c2C)SC1=Nc1ccc(C)cc1. The highest BCUT2D eigenvalue weighted by atomic mass is 32.2. The molecule has 0 saturated heterocycles. The highest BCUT2D eigenvalue weighted by Crippen LogP contribution is 2.41. The van der Waals surface area contributed by atoms with Crippen LogP contribution in [0, 0.1) is 27.7 Å². The summed E-state index contributed by atoms with van der Waals surface area (Å²) in [6.45, 7) is 10.2. The van der Waals surface area contributed by atoms with E-state index in [1.165, 1.54) is 17.3 Å². The van der Waals surface area contributed by atoms with Crippen LogP contribution in [0.15, 0.2) is 75.8 Å². The van der Waals surface area contributed by atoms with Gasteiger partial charge in [0.25, 0.3) is 0 Å². The second-order valence-corrected chi connectivity index (χ2v) is 9.29. The molecule has 0 fully saturated rings. The Balaban J connectivity index is 1.78. The van der Waals surface area contributed by atoms with Gasteiger partial charge in [-0.2, -0.15) is 0 Å². The Bertz CT molecular complexity index is 1340. The van der Waals surface area contributed by atoms with Crippen molar-refractivity contribution < 1.29 is 14.6 Å². The smallest absolute Gasteiger partial charge is 0.344 e. The van der Waals surface area contributed by atoms with Gasteiger partial charge in [0.05, 0.1) is 17.2 Å². The standard InChI is InChI=1S/C28H28N2O3S/c1-6-33-28(32)25-26(31)24(34-27(25)29-22-13-11-17(2)12-14-22)16-21-15-19(4)30(20(21)5)23-10-8-7-9-18(23)3/h7-16,31H,6H2,1-5H3. The van der Waals surface area contributed by atoms with E-state index in [0.717, 1.165) is 28.2 Å². The molecule has 0 amide bonds. The minimum absolute atomic E-state index is 0.102. The molecule has 1 N–H and O–H groups in total. The van der Waals surface area contributed by atoms with E-state index in [0.29, 0.717) is 15.6 Å². The Labute approximate surface area is 204 Å². The summed E-state index contributed by atoms with van der Waals surface area (Å²) in [6.07, 6.45) is 1.91. The number of aliphatic imine (C=N–C) groups is 1. The molecular weight excluding hydrogens is 444 g/mol. The molecule has 6 heteroatoms. The van der Waals surface area contributed by atoms with E-state index in [1.54, 1.807) is 6.92 Å². The lowest BCUT2D eigenvalue weighted by Gasteiger charge is -2.12. The topological polar surface area (TPSA) is 63.8 Å². The number of esters is 1. The van der Waals surface area contributed by atoms with Gasteiger partial charge in [0.2, 0.25) is 0 Å². The molecule has 0 radical (unpaired) electrons. The van der Waals surface area contributed by atoms with E-state index in [1.807, 2.05) is 49.4 Å². The highest BCUT2D eigenvalue weighted by Gasteiger charge is 2.33. The zero-order valence-electron chi connectivity index (χ0n) is 20.0. The number of carbonyl (C=O) groups is 1. The fraction of sp³-hybridized carbons (Fsp3) is 0.214. The number of aromatic nitrogens is 1. The number of hydrogen-bond acceptors (Lipinski definition) is 5. The van der Waals surface area contributed by atoms with Crippen molar-refractivity contribution in [2.24, 2.45) is 4.99 Å². The van der Waals surface area contributed by atoms with Crippen LogP contribution in [0.5, 0.6) is 0 Å². The first-order valence-electron chi connectivity index (χ1n) is 11.2. The number of thioether (sulfide) groups is 1. The van der Waals surface area contributed by atoms with Gasteiger partial charge in [0, 0.05) is 17.1 Å². The van der Waals surface area contributed by atoms with Crippen LogP contribution in [-0.2, 0) is 9.53 Å². The average Bonchev–Trinajstić information content (AvgIpc) is 3.25. The zero-order valence-corrected chi connectivity index (χ0v) is 20.9. The molecule has 2 aromatic carbocycles. The summed E-state index contributed by atoms with van der Waals surface area (Å²) < 4.78 is 7.42. The van der Waals surface area contributed by atoms with Crippen LogP contribution in [0.25, 0.3) is 11.8 Å². The van der Waals surface area contributed by atoms with Gasteiger partial charge < -0.3 is 14.4 Å². The van der Waals surface area contributed by atoms with E-state index >= 15 is 0 Å². The summed E-state index contributed by atoms with van der Waals surface area (Å²) in [6, 6.07) is 18.0. The fourth-order valence-corrected chi connectivity index (χ4v) is 5.01. The van der Waals surface area contributed by atoms with Crippen molar-refractivity contribution in [2.45, 2.75) is 34.6 Å². The Morgan fingerprint density at radius 1 is 1.09 bits per heavy atom. The van der Waals surface area contributed by atoms with Crippen LogP contribution < -0.4 is 0 Å². The zero-order chi connectivity index (χ0) is 24.4. The average molecular weight is 473 g/mol. The second kappa shape index (κ2) is 9.77. The molecule has 174 valence electrons. The van der Waals surface area contributed by atoms with Gasteiger partial charge in [-0.25, -0.2) is 9.79 Å². The van der Waals surface area contributed by atoms with Crippen molar-refractivity contribution in [3.8, 4) is 5.69 Å². The predicted molar refractivity (Wildman–Crippen MR) is 140 cm³/mol. The van der Waals surface area contributed by atoms with Crippen LogP contribution in [0.4, 0.5) is 5.69 Å². The highest BCUT2D eigenvalue weighted by molar-refractivity contribution is 8.18. The van der Waals surface area contributed by atoms with Gasteiger partial charge >= 0.3 is 5.97 Å². The molecule has 0 spiro atoms. The van der Waals surface area contributed by atoms with Gasteiger partial charge in [0.15, 0.2) is 0 Å². The molecule has 3 aromatic rings. The molecule has 0 unspecified atom stereocenters. The van der Waals surface area contributed by atoms with E-state index in [9.17, 15) is 9.90 Å². The van der Waals surface area contributed by atoms with Crippen molar-refractivity contribution in [3.05, 3.63) is 98.9 Å². The first-order chi connectivity index (χ1) is 16.3. The molecule has 34 heavy (non-hydrogen) atoms. The number of aryl methyl sites for hydroxylation is 3. The minimum atomic E-state index is -0.577. The maximum Gasteiger partial charge on any atom is 0.344 e. The van der Waals surface area contributed by atoms with Crippen molar-refractivity contribution >= 4 is 34.5 Å². The van der Waals surface area contributed by atoms with Gasteiger partial charge in [-0.15, -0.1) is 0 Å². The Hall–Kier alpha value is -3.51. The van der Waals surface area contributed by atoms with E-state index < -0.39 is 5.97 Å². The predicted octanol–water partition coefficient (Wildman–Crippen LogP) is 6.90. The largest absolute Gasteiger partial charge is 0.506 e. The lowest BCUT2D eigenvalue weighted by atomic mass is 10.1. The van der Waals surface area contributed by atoms with Gasteiger partial charge in [-0.05, 0) is 76.1 Å². The van der Waals surface area contributed by atoms with E-state index in [4.69, 9.17) is 4.74 Å². The molecule has 1 aromatic heterocycles. The Morgan fingerprint density at radius 2 is 1.79 bits per heavy atom. The summed E-state index contributed by atoms with van der Waals surface area (Å²) in [5, 5.41) is 11.5. The summed E-state index contributed by atoms with van der Waals surface area (Å²) in [4.78, 5) is 17.9. The number of nitrogens with zero attached hydrogens (tertiary/aromatic N) is 2. The van der Waals surface area contributed by atoms with Crippen molar-refractivity contribution in [2.75, 3.05) is 6.61 Å². The van der Waals surface area contributed by atoms with Crippen LogP contribution in [0.1, 0.15) is 35.0 Å². The lowest BCUT2D eigenvalue weighted by Crippen LogP contribution is -2.12. The first kappa shape index (κ1) is 23.6. The van der Waals surface area contributed by atoms with Crippen LogP contribution in [0.3, 0.4) is 0 Å². The molecular formula is C28H28N2O3S. The van der Waals surface area contributed by atoms with E-state index in [-0.39, 0.29) is 17.9 Å². The molecule has 0 atom stereocenters. The summed E-state index contributed by atoms with van der Waals surface area (Å²) >= 11 is 1.27. The number of rotatable bonds is 5. The van der Waals surface area contributed by atoms with Crippen molar-refractivity contribution in [1.82, 2.24) is 4.57 Å². The van der Waals surface area contributed by atoms with Crippen molar-refractivity contribution in [3.63, 3.8) is 0 Å². The lowest BCUT2D eigenvalue weighted by molar-refractivity contribution is -0.138. The molecule has 4 rings (SSSR count). The van der Waals surface area contributed by atoms with Gasteiger partial charge in [-0.3, -0.25) is 0 Å². The normalized spacial score (nSPS) is 16.0. The summed E-state index contributed by atoms with van der Waals surface area (Å²) in [5.74, 6) is -0.679. The number of ether oxygens (including phenoxy) is 1. The number of para-hydroxylation sites is 1. The molecule has 0 aliphatic carbocycles. The first-order valence-corrected chi connectivity index (χ1v) is 12.0. The third-order valence-electron chi connectivity index (χ3n) is 5.75. The maximum atomic E-state index is 12.7. The number of aliphatic hydroxyl groups is 1. The third-order valence-corrected chi connectivity index (χ3v) is 6.77. The Kier molecular flexibility index (Phi) is 6.80. The molecule has 0 saturated carbocycles. The molecule has 1 aliphatic rings. The quantitative estimate of drug-likeness (QED) is 0.410. The number of benzene rings is 2. The number of carbonyl (C=O) groups excluding carboxylic acids is 1. The molecule has 5 nitrogen and oxygen atoms in total. The number of aliphatic hydroxyl groups excluding tert-OH is 1. The molecule has 2 heterocycles. The number of hydrogen-bond donors (Lipinski definition) is 1. The third kappa shape index (κ3) is 4.59. The van der Waals surface area contributed by atoms with Gasteiger partial charge in [-0.1, -0.05) is 47.7 Å². The van der Waals surface area contributed by atoms with Crippen LogP contribution >= 0.6 is 11.8 Å². The van der Waals surface area contributed by atoms with Crippen LogP contribution in [0.2, 0.25) is 0 Å². The van der Waals surface area contributed by atoms with Crippen LogP contribution in [-0.4, -0.2) is 27.3 Å². The summed E-state index contributed by atoms with van der Waals surface area (Å²) in [7, 11) is 0. The second-order valence-electron chi connectivity index (χ2n) is 8.26. The summed E-state index contributed by atoms with van der Waals surface area (Å²) in [5.41, 5.74) is 7.34.